The maximum absolute atomic E-state index is 12.4. The summed E-state index contributed by atoms with van der Waals surface area (Å²) in [4.78, 5) is 12.4. The Morgan fingerprint density at radius 3 is 2.71 bits per heavy atom. The summed E-state index contributed by atoms with van der Waals surface area (Å²) in [5, 5.41) is 19.0. The van der Waals surface area contributed by atoms with Gasteiger partial charge in [0.05, 0.1) is 5.75 Å². The SMILES string of the molecule is CCS(=O)(=O)c1nnc(NC(=O)/C(C#N)=C\c2ccc(OCc3ccc4c(c3)OCO4)cc2)s1. The maximum atomic E-state index is 12.4. The second-order valence-corrected chi connectivity index (χ2v) is 10.4. The molecule has 1 aliphatic heterocycles. The molecule has 4 rings (SSSR count). The highest BCUT2D eigenvalue weighted by atomic mass is 32.2. The molecule has 0 atom stereocenters. The van der Waals surface area contributed by atoms with E-state index in [1.165, 1.54) is 13.0 Å². The number of nitrogens with one attached hydrogen (secondary N) is 1. The van der Waals surface area contributed by atoms with Crippen molar-refractivity contribution < 1.29 is 27.4 Å². The molecule has 1 aromatic heterocycles. The van der Waals surface area contributed by atoms with Crippen LogP contribution in [0.15, 0.2) is 52.4 Å². The number of amides is 1. The molecule has 0 aliphatic carbocycles. The van der Waals surface area contributed by atoms with Crippen LogP contribution in [0.4, 0.5) is 5.13 Å². The second kappa shape index (κ2) is 9.90. The minimum Gasteiger partial charge on any atom is -0.489 e. The Kier molecular flexibility index (Phi) is 6.76. The molecule has 0 spiro atoms. The van der Waals surface area contributed by atoms with Gasteiger partial charge in [0.1, 0.15) is 24.0 Å². The lowest BCUT2D eigenvalue weighted by molar-refractivity contribution is -0.112. The highest BCUT2D eigenvalue weighted by molar-refractivity contribution is 7.93. The number of benzene rings is 2. The minimum atomic E-state index is -3.53. The van der Waals surface area contributed by atoms with Gasteiger partial charge in [-0.15, -0.1) is 10.2 Å². The third kappa shape index (κ3) is 5.33. The van der Waals surface area contributed by atoms with Crippen molar-refractivity contribution in [1.82, 2.24) is 10.2 Å². The number of hydrogen-bond acceptors (Lipinski definition) is 10. The van der Waals surface area contributed by atoms with Gasteiger partial charge in [-0.1, -0.05) is 36.5 Å². The zero-order valence-electron chi connectivity index (χ0n) is 17.8. The van der Waals surface area contributed by atoms with Crippen molar-refractivity contribution in [3.63, 3.8) is 0 Å². The van der Waals surface area contributed by atoms with Crippen LogP contribution < -0.4 is 19.5 Å². The lowest BCUT2D eigenvalue weighted by Gasteiger charge is -2.07. The second-order valence-electron chi connectivity index (χ2n) is 6.95. The Morgan fingerprint density at radius 2 is 1.97 bits per heavy atom. The number of carbonyl (C=O) groups is 1. The fourth-order valence-electron chi connectivity index (χ4n) is 2.85. The molecule has 34 heavy (non-hydrogen) atoms. The van der Waals surface area contributed by atoms with Crippen LogP contribution in [0.3, 0.4) is 0 Å². The summed E-state index contributed by atoms with van der Waals surface area (Å²) in [6.45, 7) is 2.02. The van der Waals surface area contributed by atoms with Crippen LogP contribution in [0.5, 0.6) is 17.2 Å². The number of hydrogen-bond donors (Lipinski definition) is 1. The van der Waals surface area contributed by atoms with Gasteiger partial charge in [0.2, 0.25) is 26.1 Å². The first kappa shape index (κ1) is 23.2. The number of fused-ring (bicyclic) bond motifs is 1. The molecule has 1 N–H and O–H groups in total. The van der Waals surface area contributed by atoms with Crippen molar-refractivity contribution in [1.29, 1.82) is 5.26 Å². The first-order valence-corrected chi connectivity index (χ1v) is 12.5. The van der Waals surface area contributed by atoms with E-state index in [-0.39, 0.29) is 27.6 Å². The van der Waals surface area contributed by atoms with Crippen LogP contribution in [0.25, 0.3) is 6.08 Å². The Labute approximate surface area is 199 Å². The molecule has 0 saturated heterocycles. The van der Waals surface area contributed by atoms with E-state index in [4.69, 9.17) is 14.2 Å². The van der Waals surface area contributed by atoms with Gasteiger partial charge >= 0.3 is 0 Å². The Morgan fingerprint density at radius 1 is 1.21 bits per heavy atom. The van der Waals surface area contributed by atoms with Crippen molar-refractivity contribution >= 4 is 38.3 Å². The van der Waals surface area contributed by atoms with Crippen LogP contribution in [-0.4, -0.2) is 37.1 Å². The third-order valence-electron chi connectivity index (χ3n) is 4.67. The topological polar surface area (TPSA) is 140 Å². The van der Waals surface area contributed by atoms with Crippen LogP contribution in [0.2, 0.25) is 0 Å². The maximum Gasteiger partial charge on any atom is 0.268 e. The van der Waals surface area contributed by atoms with E-state index in [9.17, 15) is 18.5 Å². The molecule has 0 unspecified atom stereocenters. The lowest BCUT2D eigenvalue weighted by atomic mass is 10.1. The van der Waals surface area contributed by atoms with Crippen molar-refractivity contribution in [2.24, 2.45) is 0 Å². The first-order valence-electron chi connectivity index (χ1n) is 9.99. The zero-order valence-corrected chi connectivity index (χ0v) is 19.5. The van der Waals surface area contributed by atoms with Gasteiger partial charge in [0.15, 0.2) is 11.5 Å². The molecule has 2 aromatic carbocycles. The molecular formula is C22H18N4O6S2. The number of rotatable bonds is 8. The fourth-order valence-corrected chi connectivity index (χ4v) is 4.83. The van der Waals surface area contributed by atoms with E-state index < -0.39 is 15.7 Å². The lowest BCUT2D eigenvalue weighted by Crippen LogP contribution is -2.13. The van der Waals surface area contributed by atoms with Crippen LogP contribution in [0.1, 0.15) is 18.1 Å². The molecule has 0 saturated carbocycles. The highest BCUT2D eigenvalue weighted by Gasteiger charge is 2.20. The molecule has 0 bridgehead atoms. The Balaban J connectivity index is 1.38. The third-order valence-corrected chi connectivity index (χ3v) is 7.69. The summed E-state index contributed by atoms with van der Waals surface area (Å²) in [5.74, 6) is 1.14. The standard InChI is InChI=1S/C22H18N4O6S2/c1-2-34(28,29)22-26-25-21(33-22)24-20(27)16(11-23)9-14-3-6-17(7-4-14)30-12-15-5-8-18-19(10-15)32-13-31-18/h3-10H,2,12-13H2,1H3,(H,24,25,27)/b16-9-. The van der Waals surface area contributed by atoms with E-state index in [1.807, 2.05) is 24.3 Å². The molecule has 1 aliphatic rings. The van der Waals surface area contributed by atoms with Gasteiger partial charge in [-0.05, 0) is 41.5 Å². The van der Waals surface area contributed by atoms with E-state index in [1.54, 1.807) is 24.3 Å². The summed E-state index contributed by atoms with van der Waals surface area (Å²) in [7, 11) is -3.53. The van der Waals surface area contributed by atoms with Gasteiger partial charge in [-0.3, -0.25) is 10.1 Å². The first-order chi connectivity index (χ1) is 16.4. The molecule has 10 nitrogen and oxygen atoms in total. The van der Waals surface area contributed by atoms with Gasteiger partial charge in [0.25, 0.3) is 5.91 Å². The number of aromatic nitrogens is 2. The molecule has 3 aromatic rings. The van der Waals surface area contributed by atoms with Crippen LogP contribution in [0, 0.1) is 11.3 Å². The predicted octanol–water partition coefficient (Wildman–Crippen LogP) is 3.19. The molecule has 174 valence electrons. The van der Waals surface area contributed by atoms with E-state index in [0.29, 0.717) is 29.4 Å². The van der Waals surface area contributed by atoms with Gasteiger partial charge in [-0.25, -0.2) is 8.42 Å². The van der Waals surface area contributed by atoms with Crippen molar-refractivity contribution in [3.8, 4) is 23.3 Å². The summed E-state index contributed by atoms with van der Waals surface area (Å²) < 4.78 is 39.9. The molecule has 12 heteroatoms. The van der Waals surface area contributed by atoms with Crippen molar-refractivity contribution in [2.45, 2.75) is 17.9 Å². The van der Waals surface area contributed by atoms with Gasteiger partial charge < -0.3 is 14.2 Å². The van der Waals surface area contributed by atoms with E-state index in [0.717, 1.165) is 16.9 Å². The Hall–Kier alpha value is -3.95. The number of ether oxygens (including phenoxy) is 3. The number of sulfone groups is 1. The smallest absolute Gasteiger partial charge is 0.268 e. The number of carbonyl (C=O) groups excluding carboxylic acids is 1. The largest absolute Gasteiger partial charge is 0.489 e. The van der Waals surface area contributed by atoms with E-state index >= 15 is 0 Å². The van der Waals surface area contributed by atoms with Crippen molar-refractivity contribution in [3.05, 3.63) is 59.2 Å². The summed E-state index contributed by atoms with van der Waals surface area (Å²) in [6, 6.07) is 14.3. The Bertz CT molecular complexity index is 1390. The number of nitriles is 1. The molecule has 0 radical (unpaired) electrons. The molecular weight excluding hydrogens is 480 g/mol. The normalized spacial score (nSPS) is 12.8. The van der Waals surface area contributed by atoms with Crippen LogP contribution >= 0.6 is 11.3 Å². The van der Waals surface area contributed by atoms with Gasteiger partial charge in [-0.2, -0.15) is 5.26 Å². The summed E-state index contributed by atoms with van der Waals surface area (Å²) >= 11 is 0.729. The molecule has 0 fully saturated rings. The number of anilines is 1. The molecule has 2 heterocycles. The van der Waals surface area contributed by atoms with Gasteiger partial charge in [0, 0.05) is 0 Å². The quantitative estimate of drug-likeness (QED) is 0.282. The summed E-state index contributed by atoms with van der Waals surface area (Å²) in [6.07, 6.45) is 1.40. The monoisotopic (exact) mass is 498 g/mol. The predicted molar refractivity (Wildman–Crippen MR) is 123 cm³/mol. The van der Waals surface area contributed by atoms with Crippen molar-refractivity contribution in [2.75, 3.05) is 17.9 Å². The molecule has 1 amide bonds. The number of nitrogens with zero attached hydrogens (tertiary/aromatic N) is 3. The van der Waals surface area contributed by atoms with Crippen LogP contribution in [-0.2, 0) is 21.2 Å². The highest BCUT2D eigenvalue weighted by Crippen LogP contribution is 2.32. The average Bonchev–Trinajstić information content (AvgIpc) is 3.51. The summed E-state index contributed by atoms with van der Waals surface area (Å²) in [5.41, 5.74) is 1.35. The zero-order chi connectivity index (χ0) is 24.1. The minimum absolute atomic E-state index is 0.00885. The fraction of sp³-hybridized carbons (Fsp3) is 0.182. The van der Waals surface area contributed by atoms with E-state index in [2.05, 4.69) is 15.5 Å². The average molecular weight is 499 g/mol.